The quantitative estimate of drug-likeness (QED) is 0.647. The van der Waals surface area contributed by atoms with Gasteiger partial charge in [-0.3, -0.25) is 4.57 Å². The van der Waals surface area contributed by atoms with Gasteiger partial charge in [-0.05, 0) is 40.8 Å². The minimum atomic E-state index is -3.96. The molecule has 2 N–H and O–H groups in total. The van der Waals surface area contributed by atoms with Crippen LogP contribution in [0.25, 0.3) is 11.4 Å². The van der Waals surface area contributed by atoms with Crippen molar-refractivity contribution < 1.29 is 13.2 Å². The van der Waals surface area contributed by atoms with E-state index >= 15 is 0 Å². The number of sulfonamides is 1. The lowest BCUT2D eigenvalue weighted by Crippen LogP contribution is -2.20. The number of nitrogens with two attached hydrogens (primary N) is 1. The SMILES string of the molecule is COCCn1c(-c2cc(I)ccc2Br)nnc1S(N)(=O)=O. The van der Waals surface area contributed by atoms with Crippen molar-refractivity contribution in [1.29, 1.82) is 0 Å². The van der Waals surface area contributed by atoms with E-state index in [0.29, 0.717) is 12.4 Å². The molecule has 21 heavy (non-hydrogen) atoms. The molecular formula is C11H12BrIN4O3S. The largest absolute Gasteiger partial charge is 0.383 e. The summed E-state index contributed by atoms with van der Waals surface area (Å²) in [5.74, 6) is 0.418. The van der Waals surface area contributed by atoms with Gasteiger partial charge in [-0.15, -0.1) is 10.2 Å². The van der Waals surface area contributed by atoms with Crippen LogP contribution in [0.15, 0.2) is 27.8 Å². The average molecular weight is 487 g/mol. The lowest BCUT2D eigenvalue weighted by molar-refractivity contribution is 0.185. The van der Waals surface area contributed by atoms with Crippen LogP contribution < -0.4 is 5.14 Å². The Labute approximate surface area is 144 Å². The molecular weight excluding hydrogens is 475 g/mol. The van der Waals surface area contributed by atoms with Gasteiger partial charge in [0.05, 0.1) is 13.2 Å². The summed E-state index contributed by atoms with van der Waals surface area (Å²) in [7, 11) is -2.43. The van der Waals surface area contributed by atoms with Gasteiger partial charge in [0, 0.05) is 20.7 Å². The van der Waals surface area contributed by atoms with E-state index in [-0.39, 0.29) is 11.7 Å². The highest BCUT2D eigenvalue weighted by molar-refractivity contribution is 14.1. The predicted molar refractivity (Wildman–Crippen MR) is 89.1 cm³/mol. The van der Waals surface area contributed by atoms with Crippen molar-refractivity contribution in [3.8, 4) is 11.4 Å². The lowest BCUT2D eigenvalue weighted by Gasteiger charge is -2.10. The zero-order chi connectivity index (χ0) is 15.6. The number of nitrogens with zero attached hydrogens (tertiary/aromatic N) is 3. The normalized spacial score (nSPS) is 11.8. The molecule has 0 aliphatic carbocycles. The van der Waals surface area contributed by atoms with Crippen molar-refractivity contribution in [3.63, 3.8) is 0 Å². The molecule has 1 aromatic carbocycles. The molecule has 0 bridgehead atoms. The van der Waals surface area contributed by atoms with Crippen LogP contribution in [-0.2, 0) is 21.3 Å². The molecule has 0 saturated carbocycles. The summed E-state index contributed by atoms with van der Waals surface area (Å²) in [6.07, 6.45) is 0. The van der Waals surface area contributed by atoms with Gasteiger partial charge in [-0.2, -0.15) is 0 Å². The molecule has 0 saturated heterocycles. The van der Waals surface area contributed by atoms with Gasteiger partial charge in [0.15, 0.2) is 5.82 Å². The molecule has 0 aliphatic heterocycles. The standard InChI is InChI=1S/C11H12BrIN4O3S/c1-20-5-4-17-10(15-16-11(17)21(14,18)19)8-6-7(13)2-3-9(8)12/h2-3,6H,4-5H2,1H3,(H2,14,18,19). The van der Waals surface area contributed by atoms with Crippen LogP contribution in [0.5, 0.6) is 0 Å². The first kappa shape index (κ1) is 16.8. The third-order valence-corrected chi connectivity index (χ3v) is 4.83. The van der Waals surface area contributed by atoms with Gasteiger partial charge >= 0.3 is 0 Å². The molecule has 7 nitrogen and oxygen atoms in total. The summed E-state index contributed by atoms with van der Waals surface area (Å²) in [5.41, 5.74) is 0.736. The number of benzene rings is 1. The van der Waals surface area contributed by atoms with Crippen LogP contribution in [0.2, 0.25) is 0 Å². The fraction of sp³-hybridized carbons (Fsp3) is 0.273. The Balaban J connectivity index is 2.63. The first-order valence-electron chi connectivity index (χ1n) is 5.75. The summed E-state index contributed by atoms with van der Waals surface area (Å²) < 4.78 is 31.4. The summed E-state index contributed by atoms with van der Waals surface area (Å²) in [5, 5.41) is 12.6. The number of hydrogen-bond donors (Lipinski definition) is 1. The zero-order valence-corrected chi connectivity index (χ0v) is 15.5. The minimum absolute atomic E-state index is 0.277. The second-order valence-electron chi connectivity index (χ2n) is 4.12. The van der Waals surface area contributed by atoms with Crippen molar-refractivity contribution in [2.75, 3.05) is 13.7 Å². The van der Waals surface area contributed by atoms with Crippen molar-refractivity contribution in [1.82, 2.24) is 14.8 Å². The van der Waals surface area contributed by atoms with E-state index in [2.05, 4.69) is 48.7 Å². The summed E-state index contributed by atoms with van der Waals surface area (Å²) in [4.78, 5) is 0. The van der Waals surface area contributed by atoms with Crippen LogP contribution >= 0.6 is 38.5 Å². The van der Waals surface area contributed by atoms with E-state index in [9.17, 15) is 8.42 Å². The Morgan fingerprint density at radius 2 is 2.14 bits per heavy atom. The molecule has 0 aliphatic rings. The van der Waals surface area contributed by atoms with E-state index in [1.54, 1.807) is 0 Å². The maximum atomic E-state index is 11.6. The van der Waals surface area contributed by atoms with E-state index in [1.165, 1.54) is 11.7 Å². The number of primary sulfonamides is 1. The highest BCUT2D eigenvalue weighted by Gasteiger charge is 2.23. The highest BCUT2D eigenvalue weighted by Crippen LogP contribution is 2.29. The van der Waals surface area contributed by atoms with Crippen LogP contribution in [0.1, 0.15) is 0 Å². The maximum Gasteiger partial charge on any atom is 0.273 e. The molecule has 2 rings (SSSR count). The Morgan fingerprint density at radius 3 is 2.76 bits per heavy atom. The smallest absolute Gasteiger partial charge is 0.273 e. The van der Waals surface area contributed by atoms with Gasteiger partial charge < -0.3 is 4.74 Å². The third kappa shape index (κ3) is 3.80. The van der Waals surface area contributed by atoms with Crippen molar-refractivity contribution in [2.45, 2.75) is 11.7 Å². The van der Waals surface area contributed by atoms with Crippen LogP contribution in [0.4, 0.5) is 0 Å². The zero-order valence-electron chi connectivity index (χ0n) is 11.0. The molecule has 1 aromatic heterocycles. The Bertz CT molecular complexity index is 763. The maximum absolute atomic E-state index is 11.6. The third-order valence-electron chi connectivity index (χ3n) is 2.66. The van der Waals surface area contributed by atoms with Gasteiger partial charge in [-0.1, -0.05) is 15.9 Å². The van der Waals surface area contributed by atoms with Crippen molar-refractivity contribution in [3.05, 3.63) is 26.2 Å². The Morgan fingerprint density at radius 1 is 1.43 bits per heavy atom. The van der Waals surface area contributed by atoms with Gasteiger partial charge in [0.1, 0.15) is 0 Å². The van der Waals surface area contributed by atoms with Gasteiger partial charge in [0.2, 0.25) is 0 Å². The number of hydrogen-bond acceptors (Lipinski definition) is 5. The number of aromatic nitrogens is 3. The molecule has 0 radical (unpaired) electrons. The lowest BCUT2D eigenvalue weighted by atomic mass is 10.2. The fourth-order valence-corrected chi connectivity index (χ4v) is 3.31. The molecule has 1 heterocycles. The molecule has 0 unspecified atom stereocenters. The van der Waals surface area contributed by atoms with Crippen molar-refractivity contribution in [2.24, 2.45) is 5.14 Å². The second kappa shape index (κ2) is 6.69. The summed E-state index contributed by atoms with van der Waals surface area (Å²) >= 11 is 5.60. The van der Waals surface area contributed by atoms with Crippen molar-refractivity contribution >= 4 is 48.5 Å². The highest BCUT2D eigenvalue weighted by atomic mass is 127. The van der Waals surface area contributed by atoms with Crippen LogP contribution in [0, 0.1) is 3.57 Å². The number of halogens is 2. The molecule has 0 spiro atoms. The average Bonchev–Trinajstić information content (AvgIpc) is 2.82. The van der Waals surface area contributed by atoms with Crippen LogP contribution in [-0.4, -0.2) is 36.9 Å². The van der Waals surface area contributed by atoms with Gasteiger partial charge in [0.25, 0.3) is 15.2 Å². The van der Waals surface area contributed by atoms with Crippen LogP contribution in [0.3, 0.4) is 0 Å². The molecule has 114 valence electrons. The van der Waals surface area contributed by atoms with E-state index in [4.69, 9.17) is 9.88 Å². The Hall–Kier alpha value is -0.560. The molecule has 0 atom stereocenters. The van der Waals surface area contributed by atoms with E-state index < -0.39 is 10.0 Å². The first-order valence-corrected chi connectivity index (χ1v) is 9.16. The Kier molecular flexibility index (Phi) is 5.35. The summed E-state index contributed by atoms with van der Waals surface area (Å²) in [6, 6.07) is 5.67. The van der Waals surface area contributed by atoms with Gasteiger partial charge in [-0.25, -0.2) is 13.6 Å². The molecule has 0 fully saturated rings. The minimum Gasteiger partial charge on any atom is -0.383 e. The monoisotopic (exact) mass is 486 g/mol. The fourth-order valence-electron chi connectivity index (χ4n) is 1.75. The number of rotatable bonds is 5. The topological polar surface area (TPSA) is 100 Å². The molecule has 2 aromatic rings. The van der Waals surface area contributed by atoms with E-state index in [1.807, 2.05) is 18.2 Å². The second-order valence-corrected chi connectivity index (χ2v) is 7.67. The van der Waals surface area contributed by atoms with E-state index in [0.717, 1.165) is 13.6 Å². The molecule has 10 heteroatoms. The first-order chi connectivity index (χ1) is 9.84. The number of methoxy groups -OCH3 is 1. The molecule has 0 amide bonds. The predicted octanol–water partition coefficient (Wildman–Crippen LogP) is 1.61. The summed E-state index contributed by atoms with van der Waals surface area (Å²) in [6.45, 7) is 0.595. The number of ether oxygens (including phenoxy) is 1.